The van der Waals surface area contributed by atoms with E-state index in [4.69, 9.17) is 0 Å². The number of thioether (sulfide) groups is 1. The van der Waals surface area contributed by atoms with Crippen LogP contribution in [0.4, 0.5) is 0 Å². The number of rotatable bonds is 5. The molecule has 1 aromatic carbocycles. The molecular weight excluding hydrogens is 244 g/mol. The molecule has 4 heteroatoms. The fourth-order valence-corrected chi connectivity index (χ4v) is 2.06. The molecule has 0 heterocycles. The van der Waals surface area contributed by atoms with Gasteiger partial charge in [-0.15, -0.1) is 11.8 Å². The Balaban J connectivity index is 2.45. The second kappa shape index (κ2) is 6.81. The van der Waals surface area contributed by atoms with Crippen LogP contribution in [0, 0.1) is 0 Å². The average Bonchev–Trinajstić information content (AvgIpc) is 2.33. The van der Waals surface area contributed by atoms with Crippen molar-refractivity contribution in [2.75, 3.05) is 12.8 Å². The molecule has 0 radical (unpaired) electrons. The van der Waals surface area contributed by atoms with Crippen molar-refractivity contribution in [1.29, 1.82) is 0 Å². The van der Waals surface area contributed by atoms with Crippen LogP contribution >= 0.6 is 11.8 Å². The maximum atomic E-state index is 11.1. The summed E-state index contributed by atoms with van der Waals surface area (Å²) < 4.78 is 0. The lowest BCUT2D eigenvalue weighted by atomic mass is 10.1. The van der Waals surface area contributed by atoms with Gasteiger partial charge in [-0.2, -0.15) is 0 Å². The molecule has 0 aliphatic rings. The number of hydrogen-bond donors (Lipinski definition) is 2. The van der Waals surface area contributed by atoms with Crippen molar-refractivity contribution in [3.8, 4) is 0 Å². The van der Waals surface area contributed by atoms with Crippen molar-refractivity contribution in [1.82, 2.24) is 10.6 Å². The minimum absolute atomic E-state index is 0.0541. The predicted octanol–water partition coefficient (Wildman–Crippen LogP) is 2.41. The van der Waals surface area contributed by atoms with Crippen molar-refractivity contribution < 1.29 is 4.79 Å². The molecule has 0 aliphatic carbocycles. The number of hydrogen-bond acceptors (Lipinski definition) is 3. The van der Waals surface area contributed by atoms with Gasteiger partial charge >= 0.3 is 0 Å². The second-order valence-electron chi connectivity index (χ2n) is 5.21. The summed E-state index contributed by atoms with van der Waals surface area (Å²) in [5.41, 5.74) is 1.39. The summed E-state index contributed by atoms with van der Waals surface area (Å²) in [5, 5.41) is 6.06. The van der Waals surface area contributed by atoms with Gasteiger partial charge in [0.1, 0.15) is 0 Å². The molecule has 0 fully saturated rings. The van der Waals surface area contributed by atoms with Crippen molar-refractivity contribution in [2.45, 2.75) is 37.8 Å². The third kappa shape index (κ3) is 6.07. The molecule has 0 bridgehead atoms. The quantitative estimate of drug-likeness (QED) is 0.804. The third-order valence-electron chi connectivity index (χ3n) is 2.39. The summed E-state index contributed by atoms with van der Waals surface area (Å²) in [6, 6.07) is 8.33. The van der Waals surface area contributed by atoms with Crippen LogP contribution < -0.4 is 10.6 Å². The Labute approximate surface area is 114 Å². The van der Waals surface area contributed by atoms with Crippen LogP contribution in [0.3, 0.4) is 0 Å². The summed E-state index contributed by atoms with van der Waals surface area (Å²) >= 11 is 1.55. The molecule has 0 unspecified atom stereocenters. The van der Waals surface area contributed by atoms with Gasteiger partial charge in [0.25, 0.3) is 0 Å². The highest BCUT2D eigenvalue weighted by atomic mass is 32.2. The minimum atomic E-state index is 0.0541. The summed E-state index contributed by atoms with van der Waals surface area (Å²) in [7, 11) is 1.66. The van der Waals surface area contributed by atoms with Crippen molar-refractivity contribution in [3.63, 3.8) is 0 Å². The molecule has 0 aliphatic heterocycles. The Morgan fingerprint density at radius 1 is 1.22 bits per heavy atom. The maximum absolute atomic E-state index is 11.1. The largest absolute Gasteiger partial charge is 0.358 e. The smallest absolute Gasteiger partial charge is 0.230 e. The van der Waals surface area contributed by atoms with E-state index in [1.165, 1.54) is 5.56 Å². The van der Waals surface area contributed by atoms with Gasteiger partial charge < -0.3 is 10.6 Å². The maximum Gasteiger partial charge on any atom is 0.230 e. The van der Waals surface area contributed by atoms with E-state index in [0.29, 0.717) is 5.75 Å². The van der Waals surface area contributed by atoms with Crippen molar-refractivity contribution >= 4 is 17.7 Å². The summed E-state index contributed by atoms with van der Waals surface area (Å²) in [5.74, 6) is 0.522. The SMILES string of the molecule is CNC(=O)CSc1ccc(CNC(C)(C)C)cc1. The predicted molar refractivity (Wildman–Crippen MR) is 77.8 cm³/mol. The fraction of sp³-hybridized carbons (Fsp3) is 0.500. The molecular formula is C14H22N2OS. The molecule has 0 aromatic heterocycles. The molecule has 2 N–H and O–H groups in total. The fourth-order valence-electron chi connectivity index (χ4n) is 1.29. The highest BCUT2D eigenvalue weighted by Crippen LogP contribution is 2.18. The second-order valence-corrected chi connectivity index (χ2v) is 6.26. The Morgan fingerprint density at radius 3 is 2.33 bits per heavy atom. The first-order valence-corrected chi connectivity index (χ1v) is 7.06. The topological polar surface area (TPSA) is 41.1 Å². The van der Waals surface area contributed by atoms with Crippen LogP contribution in [0.25, 0.3) is 0 Å². The zero-order valence-corrected chi connectivity index (χ0v) is 12.4. The lowest BCUT2D eigenvalue weighted by Crippen LogP contribution is -2.35. The molecule has 0 saturated carbocycles. The van der Waals surface area contributed by atoms with Gasteiger partial charge in [0.15, 0.2) is 0 Å². The lowest BCUT2D eigenvalue weighted by molar-refractivity contribution is -0.118. The Bertz CT molecular complexity index is 382. The van der Waals surface area contributed by atoms with Crippen LogP contribution in [-0.4, -0.2) is 24.2 Å². The van der Waals surface area contributed by atoms with Gasteiger partial charge in [0, 0.05) is 24.0 Å². The minimum Gasteiger partial charge on any atom is -0.358 e. The lowest BCUT2D eigenvalue weighted by Gasteiger charge is -2.20. The van der Waals surface area contributed by atoms with Gasteiger partial charge in [0.05, 0.1) is 5.75 Å². The van der Waals surface area contributed by atoms with Crippen LogP contribution in [-0.2, 0) is 11.3 Å². The standard InChI is InChI=1S/C14H22N2OS/c1-14(2,3)16-9-11-5-7-12(8-6-11)18-10-13(17)15-4/h5-8,16H,9-10H2,1-4H3,(H,15,17). The number of carbonyl (C=O) groups is 1. The summed E-state index contributed by atoms with van der Waals surface area (Å²) in [6.45, 7) is 7.33. The average molecular weight is 266 g/mol. The van der Waals surface area contributed by atoms with Crippen LogP contribution in [0.1, 0.15) is 26.3 Å². The Kier molecular flexibility index (Phi) is 5.69. The number of amides is 1. The molecule has 1 rings (SSSR count). The van der Waals surface area contributed by atoms with Crippen LogP contribution in [0.15, 0.2) is 29.2 Å². The van der Waals surface area contributed by atoms with E-state index in [2.05, 4.69) is 55.7 Å². The van der Waals surface area contributed by atoms with E-state index >= 15 is 0 Å². The van der Waals surface area contributed by atoms with Gasteiger partial charge in [-0.1, -0.05) is 12.1 Å². The Hall–Kier alpha value is -1.00. The van der Waals surface area contributed by atoms with E-state index in [9.17, 15) is 4.79 Å². The zero-order valence-electron chi connectivity index (χ0n) is 11.5. The number of nitrogens with one attached hydrogen (secondary N) is 2. The van der Waals surface area contributed by atoms with E-state index in [0.717, 1.165) is 11.4 Å². The van der Waals surface area contributed by atoms with Crippen LogP contribution in [0.5, 0.6) is 0 Å². The van der Waals surface area contributed by atoms with Crippen molar-refractivity contribution in [3.05, 3.63) is 29.8 Å². The van der Waals surface area contributed by atoms with E-state index < -0.39 is 0 Å². The monoisotopic (exact) mass is 266 g/mol. The number of carbonyl (C=O) groups excluding carboxylic acids is 1. The van der Waals surface area contributed by atoms with Gasteiger partial charge in [-0.25, -0.2) is 0 Å². The highest BCUT2D eigenvalue weighted by molar-refractivity contribution is 8.00. The third-order valence-corrected chi connectivity index (χ3v) is 3.41. The summed E-state index contributed by atoms with van der Waals surface area (Å²) in [4.78, 5) is 12.2. The molecule has 0 atom stereocenters. The Morgan fingerprint density at radius 2 is 1.83 bits per heavy atom. The van der Waals surface area contributed by atoms with E-state index in [1.807, 2.05) is 0 Å². The molecule has 3 nitrogen and oxygen atoms in total. The van der Waals surface area contributed by atoms with Crippen LogP contribution in [0.2, 0.25) is 0 Å². The molecule has 0 spiro atoms. The first-order chi connectivity index (χ1) is 8.40. The molecule has 100 valence electrons. The summed E-state index contributed by atoms with van der Waals surface area (Å²) in [6.07, 6.45) is 0. The molecule has 18 heavy (non-hydrogen) atoms. The molecule has 1 amide bonds. The number of benzene rings is 1. The first kappa shape index (κ1) is 15.1. The van der Waals surface area contributed by atoms with E-state index in [-0.39, 0.29) is 11.4 Å². The molecule has 1 aromatic rings. The van der Waals surface area contributed by atoms with Gasteiger partial charge in [-0.05, 0) is 38.5 Å². The normalized spacial score (nSPS) is 11.3. The zero-order chi connectivity index (χ0) is 13.6. The van der Waals surface area contributed by atoms with Crippen molar-refractivity contribution in [2.24, 2.45) is 0 Å². The van der Waals surface area contributed by atoms with E-state index in [1.54, 1.807) is 18.8 Å². The van der Waals surface area contributed by atoms with Gasteiger partial charge in [0.2, 0.25) is 5.91 Å². The molecule has 0 saturated heterocycles. The van der Waals surface area contributed by atoms with Gasteiger partial charge in [-0.3, -0.25) is 4.79 Å². The first-order valence-electron chi connectivity index (χ1n) is 6.08. The highest BCUT2D eigenvalue weighted by Gasteiger charge is 2.08.